The van der Waals surface area contributed by atoms with E-state index in [9.17, 15) is 0 Å². The largest absolute Gasteiger partial charge is 0.494 e. The maximum absolute atomic E-state index is 5.40. The van der Waals surface area contributed by atoms with Crippen LogP contribution in [0.1, 0.15) is 18.2 Å². The van der Waals surface area contributed by atoms with Crippen molar-refractivity contribution in [3.05, 3.63) is 53.9 Å². The van der Waals surface area contributed by atoms with E-state index in [1.807, 2.05) is 43.5 Å². The molecule has 94 valence electrons. The normalized spacial score (nSPS) is 10.1. The lowest BCUT2D eigenvalue weighted by Gasteiger charge is -2.09. The van der Waals surface area contributed by atoms with E-state index in [0.29, 0.717) is 6.61 Å². The highest BCUT2D eigenvalue weighted by Crippen LogP contribution is 2.16. The van der Waals surface area contributed by atoms with Crippen molar-refractivity contribution in [2.24, 2.45) is 0 Å². The van der Waals surface area contributed by atoms with E-state index in [4.69, 9.17) is 4.74 Å². The number of hydrogen-bond acceptors (Lipinski definition) is 3. The van der Waals surface area contributed by atoms with Crippen molar-refractivity contribution in [2.45, 2.75) is 20.4 Å². The number of benzene rings is 1. The molecule has 0 spiro atoms. The summed E-state index contributed by atoms with van der Waals surface area (Å²) in [6.07, 6.45) is 1.82. The van der Waals surface area contributed by atoms with Crippen molar-refractivity contribution in [3.63, 3.8) is 0 Å². The van der Waals surface area contributed by atoms with Gasteiger partial charge in [0.05, 0.1) is 18.8 Å². The zero-order valence-corrected chi connectivity index (χ0v) is 10.8. The van der Waals surface area contributed by atoms with E-state index in [-0.39, 0.29) is 0 Å². The molecular weight excluding hydrogens is 224 g/mol. The van der Waals surface area contributed by atoms with Crippen LogP contribution in [0.15, 0.2) is 42.6 Å². The maximum atomic E-state index is 5.40. The topological polar surface area (TPSA) is 34.1 Å². The zero-order valence-electron chi connectivity index (χ0n) is 10.8. The minimum Gasteiger partial charge on any atom is -0.494 e. The second-order valence-corrected chi connectivity index (χ2v) is 4.08. The molecule has 3 nitrogen and oxygen atoms in total. The first-order valence-electron chi connectivity index (χ1n) is 6.17. The highest BCUT2D eigenvalue weighted by molar-refractivity contribution is 5.46. The van der Waals surface area contributed by atoms with Gasteiger partial charge in [-0.2, -0.15) is 0 Å². The van der Waals surface area contributed by atoms with Gasteiger partial charge in [-0.3, -0.25) is 4.98 Å². The van der Waals surface area contributed by atoms with Crippen LogP contribution >= 0.6 is 0 Å². The third-order valence-electron chi connectivity index (χ3n) is 2.74. The molecule has 0 bridgehead atoms. The minimum absolute atomic E-state index is 0.694. The van der Waals surface area contributed by atoms with Gasteiger partial charge in [0.15, 0.2) is 0 Å². The Balaban J connectivity index is 1.96. The van der Waals surface area contributed by atoms with Crippen molar-refractivity contribution < 1.29 is 4.74 Å². The fourth-order valence-electron chi connectivity index (χ4n) is 1.72. The molecule has 0 atom stereocenters. The molecule has 0 aliphatic carbocycles. The monoisotopic (exact) mass is 242 g/mol. The third-order valence-corrected chi connectivity index (χ3v) is 2.74. The maximum Gasteiger partial charge on any atom is 0.119 e. The molecule has 1 N–H and O–H groups in total. The molecule has 3 heteroatoms. The van der Waals surface area contributed by atoms with E-state index in [1.165, 1.54) is 5.56 Å². The molecule has 0 radical (unpaired) electrons. The van der Waals surface area contributed by atoms with Gasteiger partial charge in [0, 0.05) is 11.9 Å². The number of pyridine rings is 1. The van der Waals surface area contributed by atoms with Gasteiger partial charge in [0.2, 0.25) is 0 Å². The second kappa shape index (κ2) is 6.05. The van der Waals surface area contributed by atoms with Crippen LogP contribution in [0.5, 0.6) is 5.75 Å². The van der Waals surface area contributed by atoms with Crippen molar-refractivity contribution in [3.8, 4) is 5.75 Å². The number of nitrogens with zero attached hydrogens (tertiary/aromatic N) is 1. The summed E-state index contributed by atoms with van der Waals surface area (Å²) in [5.74, 6) is 0.900. The van der Waals surface area contributed by atoms with Crippen molar-refractivity contribution in [1.29, 1.82) is 0 Å². The van der Waals surface area contributed by atoms with Crippen LogP contribution in [0.4, 0.5) is 5.69 Å². The Labute approximate surface area is 108 Å². The Hall–Kier alpha value is -2.03. The summed E-state index contributed by atoms with van der Waals surface area (Å²) >= 11 is 0. The predicted octanol–water partition coefficient (Wildman–Crippen LogP) is 3.40. The summed E-state index contributed by atoms with van der Waals surface area (Å²) in [5.41, 5.74) is 3.35. The average molecular weight is 242 g/mol. The van der Waals surface area contributed by atoms with E-state index in [1.54, 1.807) is 0 Å². The van der Waals surface area contributed by atoms with Gasteiger partial charge in [-0.15, -0.1) is 0 Å². The fraction of sp³-hybridized carbons (Fsp3) is 0.267. The van der Waals surface area contributed by atoms with Gasteiger partial charge in [-0.1, -0.05) is 6.07 Å². The second-order valence-electron chi connectivity index (χ2n) is 4.08. The zero-order chi connectivity index (χ0) is 12.8. The van der Waals surface area contributed by atoms with E-state index in [0.717, 1.165) is 23.7 Å². The standard InChI is InChI=1S/C15H18N2O/c1-3-18-14-8-6-13(7-9-14)17-11-15-12(2)5-4-10-16-15/h4-10,17H,3,11H2,1-2H3. The number of hydrogen-bond donors (Lipinski definition) is 1. The van der Waals surface area contributed by atoms with Crippen molar-refractivity contribution in [1.82, 2.24) is 4.98 Å². The third kappa shape index (κ3) is 3.23. The highest BCUT2D eigenvalue weighted by atomic mass is 16.5. The van der Waals surface area contributed by atoms with Gasteiger partial charge >= 0.3 is 0 Å². The van der Waals surface area contributed by atoms with E-state index in [2.05, 4.69) is 23.3 Å². The van der Waals surface area contributed by atoms with Gasteiger partial charge in [0.25, 0.3) is 0 Å². The van der Waals surface area contributed by atoms with Crippen LogP contribution in [0.25, 0.3) is 0 Å². The molecule has 1 aromatic heterocycles. The van der Waals surface area contributed by atoms with Crippen LogP contribution in [0.3, 0.4) is 0 Å². The lowest BCUT2D eigenvalue weighted by atomic mass is 10.2. The van der Waals surface area contributed by atoms with Crippen LogP contribution in [0, 0.1) is 6.92 Å². The summed E-state index contributed by atoms with van der Waals surface area (Å²) in [7, 11) is 0. The number of ether oxygens (including phenoxy) is 1. The quantitative estimate of drug-likeness (QED) is 0.872. The molecule has 1 heterocycles. The van der Waals surface area contributed by atoms with Crippen LogP contribution < -0.4 is 10.1 Å². The van der Waals surface area contributed by atoms with E-state index < -0.39 is 0 Å². The summed E-state index contributed by atoms with van der Waals surface area (Å²) in [5, 5.41) is 3.35. The Morgan fingerprint density at radius 1 is 1.17 bits per heavy atom. The van der Waals surface area contributed by atoms with Crippen molar-refractivity contribution in [2.75, 3.05) is 11.9 Å². The van der Waals surface area contributed by atoms with Crippen molar-refractivity contribution >= 4 is 5.69 Å². The first-order valence-corrected chi connectivity index (χ1v) is 6.17. The molecule has 0 fully saturated rings. The number of nitrogens with one attached hydrogen (secondary N) is 1. The number of aromatic nitrogens is 1. The van der Waals surface area contributed by atoms with Gasteiger partial charge in [-0.05, 0) is 49.7 Å². The Morgan fingerprint density at radius 2 is 1.94 bits per heavy atom. The summed E-state index contributed by atoms with van der Waals surface area (Å²) in [6.45, 7) is 5.48. The predicted molar refractivity (Wildman–Crippen MR) is 73.9 cm³/mol. The SMILES string of the molecule is CCOc1ccc(NCc2ncccc2C)cc1. The number of rotatable bonds is 5. The summed E-state index contributed by atoms with van der Waals surface area (Å²) < 4.78 is 5.40. The molecular formula is C15H18N2O. The molecule has 0 saturated carbocycles. The number of aryl methyl sites for hydroxylation is 1. The molecule has 0 amide bonds. The molecule has 0 saturated heterocycles. The Kier molecular flexibility index (Phi) is 4.18. The molecule has 0 unspecified atom stereocenters. The number of anilines is 1. The minimum atomic E-state index is 0.694. The summed E-state index contributed by atoms with van der Waals surface area (Å²) in [6, 6.07) is 12.0. The van der Waals surface area contributed by atoms with Gasteiger partial charge in [0.1, 0.15) is 5.75 Å². The van der Waals surface area contributed by atoms with Gasteiger partial charge in [-0.25, -0.2) is 0 Å². The smallest absolute Gasteiger partial charge is 0.119 e. The molecule has 18 heavy (non-hydrogen) atoms. The Bertz CT molecular complexity index is 494. The fourth-order valence-corrected chi connectivity index (χ4v) is 1.72. The lowest BCUT2D eigenvalue weighted by Crippen LogP contribution is -2.03. The first-order chi connectivity index (χ1) is 8.79. The van der Waals surface area contributed by atoms with Gasteiger partial charge < -0.3 is 10.1 Å². The lowest BCUT2D eigenvalue weighted by molar-refractivity contribution is 0.340. The van der Waals surface area contributed by atoms with Crippen LogP contribution in [-0.4, -0.2) is 11.6 Å². The van der Waals surface area contributed by atoms with Crippen LogP contribution in [-0.2, 0) is 6.54 Å². The molecule has 2 rings (SSSR count). The molecule has 2 aromatic rings. The summed E-state index contributed by atoms with van der Waals surface area (Å²) in [4.78, 5) is 4.35. The average Bonchev–Trinajstić information content (AvgIpc) is 2.40. The molecule has 0 aliphatic heterocycles. The molecule has 0 aliphatic rings. The first kappa shape index (κ1) is 12.4. The van der Waals surface area contributed by atoms with Crippen LogP contribution in [0.2, 0.25) is 0 Å². The van der Waals surface area contributed by atoms with E-state index >= 15 is 0 Å². The Morgan fingerprint density at radius 3 is 2.61 bits per heavy atom. The highest BCUT2D eigenvalue weighted by Gasteiger charge is 1.99. The molecule has 1 aromatic carbocycles.